The molecule has 0 amide bonds. The van der Waals surface area contributed by atoms with Crippen molar-refractivity contribution >= 4 is 68.0 Å². The third kappa shape index (κ3) is 6.41. The summed E-state index contributed by atoms with van der Waals surface area (Å²) < 4.78 is -0.933. The van der Waals surface area contributed by atoms with E-state index in [2.05, 4.69) is 0 Å². The van der Waals surface area contributed by atoms with Crippen molar-refractivity contribution in [2.24, 2.45) is 5.92 Å². The molecule has 8 heteroatoms. The molecule has 0 N–H and O–H groups in total. The Bertz CT molecular complexity index is 807. The van der Waals surface area contributed by atoms with Crippen LogP contribution in [0.15, 0.2) is 35.0 Å². The van der Waals surface area contributed by atoms with Gasteiger partial charge < -0.3 is 0 Å². The third-order valence-corrected chi connectivity index (χ3v) is 8.08. The van der Waals surface area contributed by atoms with E-state index in [0.29, 0.717) is 9.75 Å². The summed E-state index contributed by atoms with van der Waals surface area (Å²) in [5, 5.41) is 3.40. The Hall–Kier alpha value is -1.22. The molecule has 0 aliphatic heterocycles. The summed E-state index contributed by atoms with van der Waals surface area (Å²) in [7, 11) is 0. The average molecular weight is 441 g/mol. The lowest BCUT2D eigenvalue weighted by Crippen LogP contribution is -2.33. The number of hydrogen-bond acceptors (Lipinski definition) is 8. The Morgan fingerprint density at radius 3 is 2.04 bits per heavy atom. The van der Waals surface area contributed by atoms with Gasteiger partial charge in [0.15, 0.2) is 0 Å². The number of ketones is 2. The molecule has 0 aliphatic rings. The Morgan fingerprint density at radius 1 is 1.00 bits per heavy atom. The fourth-order valence-corrected chi connectivity index (χ4v) is 5.61. The summed E-state index contributed by atoms with van der Waals surface area (Å²) in [6.45, 7) is 4.84. The van der Waals surface area contributed by atoms with Crippen LogP contribution in [0.1, 0.15) is 46.5 Å². The smallest absolute Gasteiger partial charge is 0.230 e. The van der Waals surface area contributed by atoms with Gasteiger partial charge in [-0.15, -0.1) is 22.7 Å². The van der Waals surface area contributed by atoms with E-state index in [9.17, 15) is 19.2 Å². The predicted molar refractivity (Wildman–Crippen MR) is 115 cm³/mol. The van der Waals surface area contributed by atoms with Crippen LogP contribution in [-0.2, 0) is 9.59 Å². The number of thiophene rings is 2. The van der Waals surface area contributed by atoms with Gasteiger partial charge in [-0.2, -0.15) is 0 Å². The number of rotatable bonds is 9. The number of carbonyl (C=O) groups is 4. The number of Topliss-reactive ketones (excluding diaryl/α,β-unsaturated/α-hetero) is 2. The third-order valence-electron chi connectivity index (χ3n) is 3.89. The number of hydrogen-bond donors (Lipinski definition) is 0. The zero-order chi connectivity index (χ0) is 20.0. The van der Waals surface area contributed by atoms with E-state index >= 15 is 0 Å². The maximum Gasteiger partial charge on any atom is 0.230 e. The van der Waals surface area contributed by atoms with Gasteiger partial charge in [-0.1, -0.05) is 35.7 Å². The lowest BCUT2D eigenvalue weighted by molar-refractivity contribution is -0.126. The van der Waals surface area contributed by atoms with E-state index in [1.807, 2.05) is 10.8 Å². The second kappa shape index (κ2) is 9.82. The van der Waals surface area contributed by atoms with Crippen molar-refractivity contribution in [1.82, 2.24) is 0 Å². The maximum atomic E-state index is 12.7. The highest BCUT2D eigenvalue weighted by atomic mass is 32.2. The lowest BCUT2D eigenvalue weighted by Gasteiger charge is -2.23. The van der Waals surface area contributed by atoms with Gasteiger partial charge in [-0.25, -0.2) is 0 Å². The van der Waals surface area contributed by atoms with Crippen LogP contribution in [0.3, 0.4) is 0 Å². The highest BCUT2D eigenvalue weighted by Crippen LogP contribution is 2.33. The molecular weight excluding hydrogens is 420 g/mol. The van der Waals surface area contributed by atoms with E-state index in [0.717, 1.165) is 23.5 Å². The molecule has 0 unspecified atom stereocenters. The topological polar surface area (TPSA) is 68.3 Å². The summed E-state index contributed by atoms with van der Waals surface area (Å²) in [6, 6.07) is 7.06. The van der Waals surface area contributed by atoms with Gasteiger partial charge in [0, 0.05) is 18.1 Å². The second-order valence-corrected chi connectivity index (χ2v) is 10.9. The van der Waals surface area contributed by atoms with Crippen LogP contribution in [0, 0.1) is 5.92 Å². The molecule has 0 spiro atoms. The average Bonchev–Trinajstić information content (AvgIpc) is 3.30. The highest BCUT2D eigenvalue weighted by Gasteiger charge is 2.34. The Kier molecular flexibility index (Phi) is 8.03. The van der Waals surface area contributed by atoms with Crippen molar-refractivity contribution in [3.05, 3.63) is 44.8 Å². The van der Waals surface area contributed by atoms with Gasteiger partial charge in [0.25, 0.3) is 0 Å². The van der Waals surface area contributed by atoms with Gasteiger partial charge in [0.2, 0.25) is 10.2 Å². The molecule has 0 fully saturated rings. The minimum atomic E-state index is -0.933. The molecule has 27 heavy (non-hydrogen) atoms. The summed E-state index contributed by atoms with van der Waals surface area (Å²) in [5.74, 6) is -0.567. The van der Waals surface area contributed by atoms with Gasteiger partial charge in [0.1, 0.15) is 11.6 Å². The summed E-state index contributed by atoms with van der Waals surface area (Å²) in [5.41, 5.74) is 0. The standard InChI is InChI=1S/C19H20O4S4/c1-12(20)13(11-26-17(22)14-6-4-8-24-14)10-16(21)19(2,3)27-18(23)15-7-5-9-25-15/h4-9,13H,10-11H2,1-3H3/t13-/m0/s1. The van der Waals surface area contributed by atoms with Crippen LogP contribution in [0.25, 0.3) is 0 Å². The number of carbonyl (C=O) groups excluding carboxylic acids is 4. The normalized spacial score (nSPS) is 12.6. The fourth-order valence-electron chi connectivity index (χ4n) is 2.17. The Labute approximate surface area is 175 Å². The molecule has 0 saturated heterocycles. The van der Waals surface area contributed by atoms with Crippen LogP contribution in [0.5, 0.6) is 0 Å². The van der Waals surface area contributed by atoms with Gasteiger partial charge in [-0.3, -0.25) is 19.2 Å². The summed E-state index contributed by atoms with van der Waals surface area (Å²) >= 11 is 4.73. The van der Waals surface area contributed by atoms with Crippen LogP contribution in [-0.4, -0.2) is 32.3 Å². The van der Waals surface area contributed by atoms with Crippen LogP contribution in [0.4, 0.5) is 0 Å². The monoisotopic (exact) mass is 440 g/mol. The van der Waals surface area contributed by atoms with Crippen LogP contribution < -0.4 is 0 Å². The fraction of sp³-hybridized carbons (Fsp3) is 0.368. The molecule has 0 bridgehead atoms. The van der Waals surface area contributed by atoms with Crippen LogP contribution >= 0.6 is 46.2 Å². The first-order chi connectivity index (χ1) is 12.7. The lowest BCUT2D eigenvalue weighted by atomic mass is 9.94. The molecule has 1 atom stereocenters. The summed E-state index contributed by atoms with van der Waals surface area (Å²) in [4.78, 5) is 50.4. The van der Waals surface area contributed by atoms with Crippen molar-refractivity contribution in [2.75, 3.05) is 5.75 Å². The van der Waals surface area contributed by atoms with Gasteiger partial charge in [-0.05, 0) is 43.7 Å². The second-order valence-electron chi connectivity index (χ2n) is 6.39. The SMILES string of the molecule is CC(=O)[C@H](CSC(=O)c1cccs1)CC(=O)C(C)(C)SC(=O)c1cccs1. The molecule has 2 aromatic rings. The van der Waals surface area contributed by atoms with E-state index in [-0.39, 0.29) is 34.0 Å². The van der Waals surface area contributed by atoms with E-state index < -0.39 is 10.7 Å². The van der Waals surface area contributed by atoms with Crippen LogP contribution in [0.2, 0.25) is 0 Å². The molecule has 4 nitrogen and oxygen atoms in total. The Morgan fingerprint density at radius 2 is 1.56 bits per heavy atom. The highest BCUT2D eigenvalue weighted by molar-refractivity contribution is 8.16. The molecule has 2 heterocycles. The molecule has 0 radical (unpaired) electrons. The first kappa shape index (κ1) is 22.1. The van der Waals surface area contributed by atoms with Crippen molar-refractivity contribution in [3.63, 3.8) is 0 Å². The largest absolute Gasteiger partial charge is 0.300 e. The van der Waals surface area contributed by atoms with Gasteiger partial charge >= 0.3 is 0 Å². The van der Waals surface area contributed by atoms with E-state index in [1.165, 1.54) is 29.6 Å². The molecule has 144 valence electrons. The van der Waals surface area contributed by atoms with E-state index in [4.69, 9.17) is 0 Å². The first-order valence-electron chi connectivity index (χ1n) is 8.22. The molecular formula is C19H20O4S4. The summed E-state index contributed by atoms with van der Waals surface area (Å²) in [6.07, 6.45) is 0.0256. The minimum absolute atomic E-state index is 0.0256. The molecule has 2 rings (SSSR count). The van der Waals surface area contributed by atoms with Gasteiger partial charge in [0.05, 0.1) is 14.5 Å². The zero-order valence-corrected chi connectivity index (χ0v) is 18.5. The van der Waals surface area contributed by atoms with Crippen molar-refractivity contribution in [2.45, 2.75) is 31.9 Å². The number of thioether (sulfide) groups is 2. The molecule has 0 aromatic carbocycles. The van der Waals surface area contributed by atoms with Crippen molar-refractivity contribution < 1.29 is 19.2 Å². The first-order valence-corrected chi connectivity index (χ1v) is 11.8. The quantitative estimate of drug-likeness (QED) is 0.534. The molecule has 0 aliphatic carbocycles. The maximum absolute atomic E-state index is 12.7. The molecule has 2 aromatic heterocycles. The predicted octanol–water partition coefficient (Wildman–Crippen LogP) is 5.20. The Balaban J connectivity index is 1.95. The minimum Gasteiger partial charge on any atom is -0.300 e. The van der Waals surface area contributed by atoms with Crippen molar-refractivity contribution in [1.29, 1.82) is 0 Å². The van der Waals surface area contributed by atoms with E-state index in [1.54, 1.807) is 38.1 Å². The van der Waals surface area contributed by atoms with Crippen molar-refractivity contribution in [3.8, 4) is 0 Å². The molecule has 0 saturated carbocycles. The zero-order valence-electron chi connectivity index (χ0n) is 15.2.